The zero-order valence-corrected chi connectivity index (χ0v) is 29.5. The number of aromatic hydroxyl groups is 1. The molecule has 248 valence electrons. The fourth-order valence-electron chi connectivity index (χ4n) is 6.84. The van der Waals surface area contributed by atoms with E-state index in [9.17, 15) is 5.11 Å². The van der Waals surface area contributed by atoms with Gasteiger partial charge in [-0.2, -0.15) is 0 Å². The second kappa shape index (κ2) is 11.4. The average molecular weight is 657 g/mol. The fourth-order valence-corrected chi connectivity index (χ4v) is 6.84. The van der Waals surface area contributed by atoms with E-state index in [-0.39, 0.29) is 16.6 Å². The number of furan rings is 1. The Balaban J connectivity index is 1.35. The lowest BCUT2D eigenvalue weighted by Crippen LogP contribution is -2.17. The summed E-state index contributed by atoms with van der Waals surface area (Å²) in [6.45, 7) is 15.1. The van der Waals surface area contributed by atoms with Crippen LogP contribution >= 0.6 is 0 Å². The molecular weight excluding hydrogens is 617 g/mol. The van der Waals surface area contributed by atoms with Crippen LogP contribution in [0.2, 0.25) is 0 Å². The minimum absolute atomic E-state index is 0.108. The van der Waals surface area contributed by atoms with Crippen LogP contribution in [-0.2, 0) is 10.8 Å². The zero-order chi connectivity index (χ0) is 34.9. The lowest BCUT2D eigenvalue weighted by molar-refractivity contribution is 0.446. The van der Waals surface area contributed by atoms with Crippen molar-refractivity contribution in [3.63, 3.8) is 0 Å². The summed E-state index contributed by atoms with van der Waals surface area (Å²) in [6.07, 6.45) is 3.81. The van der Waals surface area contributed by atoms with Crippen molar-refractivity contribution < 1.29 is 9.52 Å². The van der Waals surface area contributed by atoms with Crippen LogP contribution in [0.15, 0.2) is 114 Å². The SMILES string of the molecule is Cc1c(-c2cc(C(C)(C)C)cc(C(C)(C)C)c2O)nc2c(-c3cc(-c4ccccc4)cc(-c4ncc5oc6ccccc6c5n4)c3)cccn12. The summed E-state index contributed by atoms with van der Waals surface area (Å²) in [5, 5.41) is 12.7. The van der Waals surface area contributed by atoms with Crippen LogP contribution in [0.3, 0.4) is 0 Å². The largest absolute Gasteiger partial charge is 0.507 e. The van der Waals surface area contributed by atoms with Gasteiger partial charge in [-0.15, -0.1) is 0 Å². The molecule has 6 nitrogen and oxygen atoms in total. The number of phenolic OH excluding ortho intramolecular Hbond substituents is 1. The summed E-state index contributed by atoms with van der Waals surface area (Å²) in [4.78, 5) is 15.1. The maximum atomic E-state index is 11.8. The van der Waals surface area contributed by atoms with E-state index in [4.69, 9.17) is 19.4 Å². The van der Waals surface area contributed by atoms with Crippen molar-refractivity contribution in [2.24, 2.45) is 0 Å². The van der Waals surface area contributed by atoms with Crippen molar-refractivity contribution in [1.29, 1.82) is 0 Å². The number of hydrogen-bond donors (Lipinski definition) is 1. The molecule has 0 aliphatic heterocycles. The molecule has 0 spiro atoms. The molecule has 0 radical (unpaired) electrons. The Kier molecular flexibility index (Phi) is 7.19. The molecule has 0 aliphatic carbocycles. The van der Waals surface area contributed by atoms with Crippen LogP contribution in [0.25, 0.3) is 72.6 Å². The van der Waals surface area contributed by atoms with Gasteiger partial charge >= 0.3 is 0 Å². The Morgan fingerprint density at radius 2 is 1.38 bits per heavy atom. The topological polar surface area (TPSA) is 76.5 Å². The molecule has 0 atom stereocenters. The minimum Gasteiger partial charge on any atom is -0.507 e. The Hall–Kier alpha value is -5.75. The monoisotopic (exact) mass is 656 g/mol. The molecule has 8 aromatic rings. The summed E-state index contributed by atoms with van der Waals surface area (Å²) in [7, 11) is 0. The molecule has 4 aromatic heterocycles. The molecule has 0 amide bonds. The number of para-hydroxylation sites is 1. The third kappa shape index (κ3) is 5.32. The van der Waals surface area contributed by atoms with Gasteiger partial charge in [-0.05, 0) is 88.5 Å². The van der Waals surface area contributed by atoms with Gasteiger partial charge in [0.05, 0.1) is 11.9 Å². The Morgan fingerprint density at radius 1 is 0.660 bits per heavy atom. The molecule has 6 heteroatoms. The number of aryl methyl sites for hydroxylation is 1. The van der Waals surface area contributed by atoms with E-state index in [0.717, 1.165) is 78.0 Å². The van der Waals surface area contributed by atoms with Crippen molar-refractivity contribution in [2.75, 3.05) is 0 Å². The standard InChI is InChI=1S/C44H40N4O2/c1-26-38(34-23-31(43(2,3)4)24-35(40(34)49)44(5,6)7)47-42-32(17-13-19-48(26)42)29-20-28(27-14-9-8-10-15-27)21-30(22-29)41-45-25-37-39(46-41)33-16-11-12-18-36(33)50-37/h8-25,49H,1-7H3. The number of imidazole rings is 1. The molecule has 8 rings (SSSR count). The summed E-state index contributed by atoms with van der Waals surface area (Å²) >= 11 is 0. The van der Waals surface area contributed by atoms with Gasteiger partial charge in [-0.3, -0.25) is 0 Å². The summed E-state index contributed by atoms with van der Waals surface area (Å²) in [5.74, 6) is 0.903. The third-order valence-corrected chi connectivity index (χ3v) is 9.65. The highest BCUT2D eigenvalue weighted by Gasteiger charge is 2.28. The van der Waals surface area contributed by atoms with Crippen LogP contribution in [0, 0.1) is 6.92 Å². The highest BCUT2D eigenvalue weighted by molar-refractivity contribution is 6.02. The van der Waals surface area contributed by atoms with Crippen molar-refractivity contribution in [3.8, 4) is 50.6 Å². The van der Waals surface area contributed by atoms with Gasteiger partial charge in [0.25, 0.3) is 0 Å². The highest BCUT2D eigenvalue weighted by atomic mass is 16.3. The predicted molar refractivity (Wildman–Crippen MR) is 204 cm³/mol. The van der Waals surface area contributed by atoms with Crippen LogP contribution < -0.4 is 0 Å². The van der Waals surface area contributed by atoms with Crippen LogP contribution in [0.1, 0.15) is 58.4 Å². The number of aromatic nitrogens is 4. The van der Waals surface area contributed by atoms with Gasteiger partial charge in [-0.25, -0.2) is 15.0 Å². The fraction of sp³-hybridized carbons (Fsp3) is 0.205. The van der Waals surface area contributed by atoms with Gasteiger partial charge in [0.2, 0.25) is 0 Å². The number of rotatable bonds is 4. The molecule has 0 aliphatic rings. The van der Waals surface area contributed by atoms with Crippen LogP contribution in [0.5, 0.6) is 5.75 Å². The van der Waals surface area contributed by atoms with Crippen molar-refractivity contribution in [3.05, 3.63) is 126 Å². The van der Waals surface area contributed by atoms with E-state index >= 15 is 0 Å². The first-order valence-electron chi connectivity index (χ1n) is 17.1. The summed E-state index contributed by atoms with van der Waals surface area (Å²) in [5.41, 5.74) is 12.3. The normalized spacial score (nSPS) is 12.4. The minimum atomic E-state index is -0.250. The quantitative estimate of drug-likeness (QED) is 0.204. The third-order valence-electron chi connectivity index (χ3n) is 9.65. The zero-order valence-electron chi connectivity index (χ0n) is 29.5. The number of fused-ring (bicyclic) bond motifs is 4. The Morgan fingerprint density at radius 3 is 2.14 bits per heavy atom. The molecule has 1 N–H and O–H groups in total. The second-order valence-electron chi connectivity index (χ2n) is 15.3. The van der Waals surface area contributed by atoms with E-state index in [1.54, 1.807) is 6.20 Å². The van der Waals surface area contributed by atoms with Gasteiger partial charge in [0.15, 0.2) is 11.4 Å². The maximum absolute atomic E-state index is 11.8. The first-order chi connectivity index (χ1) is 23.9. The van der Waals surface area contributed by atoms with Crippen molar-refractivity contribution >= 4 is 27.7 Å². The summed E-state index contributed by atoms with van der Waals surface area (Å²) < 4.78 is 8.16. The average Bonchev–Trinajstić information content (AvgIpc) is 3.64. The molecule has 0 bridgehead atoms. The summed E-state index contributed by atoms with van der Waals surface area (Å²) in [6, 6.07) is 33.2. The first kappa shape index (κ1) is 31.5. The van der Waals surface area contributed by atoms with E-state index in [2.05, 4.69) is 120 Å². The van der Waals surface area contributed by atoms with Gasteiger partial charge in [0.1, 0.15) is 22.5 Å². The first-order valence-corrected chi connectivity index (χ1v) is 17.1. The van der Waals surface area contributed by atoms with Gasteiger partial charge in [-0.1, -0.05) is 90.1 Å². The predicted octanol–water partition coefficient (Wildman–Crippen LogP) is 11.3. The number of benzene rings is 4. The van der Waals surface area contributed by atoms with Gasteiger partial charge in [0, 0.05) is 39.5 Å². The second-order valence-corrected chi connectivity index (χ2v) is 15.3. The van der Waals surface area contributed by atoms with Crippen LogP contribution in [0.4, 0.5) is 0 Å². The molecule has 50 heavy (non-hydrogen) atoms. The molecular formula is C44H40N4O2. The van der Waals surface area contributed by atoms with E-state index in [1.807, 2.05) is 36.5 Å². The number of phenols is 1. The smallest absolute Gasteiger partial charge is 0.172 e. The van der Waals surface area contributed by atoms with Crippen LogP contribution in [-0.4, -0.2) is 24.5 Å². The van der Waals surface area contributed by atoms with E-state index in [1.165, 1.54) is 0 Å². The maximum Gasteiger partial charge on any atom is 0.172 e. The molecule has 4 aromatic carbocycles. The van der Waals surface area contributed by atoms with E-state index in [0.29, 0.717) is 11.4 Å². The number of hydrogen-bond acceptors (Lipinski definition) is 5. The number of nitrogens with zero attached hydrogens (tertiary/aromatic N) is 4. The van der Waals surface area contributed by atoms with Crippen molar-refractivity contribution in [2.45, 2.75) is 59.3 Å². The van der Waals surface area contributed by atoms with E-state index < -0.39 is 0 Å². The molecule has 0 fully saturated rings. The highest BCUT2D eigenvalue weighted by Crippen LogP contribution is 2.44. The molecule has 0 unspecified atom stereocenters. The van der Waals surface area contributed by atoms with Crippen molar-refractivity contribution in [1.82, 2.24) is 19.4 Å². The molecule has 0 saturated heterocycles. The molecule has 0 saturated carbocycles. The lowest BCUT2D eigenvalue weighted by Gasteiger charge is -2.27. The molecule has 4 heterocycles. The lowest BCUT2D eigenvalue weighted by atomic mass is 9.78. The number of pyridine rings is 1. The Bertz CT molecular complexity index is 2580. The van der Waals surface area contributed by atoms with Gasteiger partial charge < -0.3 is 13.9 Å². The Labute approximate surface area is 292 Å².